The van der Waals surface area contributed by atoms with Gasteiger partial charge in [0.2, 0.25) is 0 Å². The third-order valence-corrected chi connectivity index (χ3v) is 4.28. The Hall–Kier alpha value is -1.62. The molecule has 102 valence electrons. The molecular weight excluding hydrogens is 256 g/mol. The number of nitrogens with two attached hydrogens (primary N) is 1. The number of anilines is 2. The highest BCUT2D eigenvalue weighted by Gasteiger charge is 2.17. The van der Waals surface area contributed by atoms with Gasteiger partial charge in [-0.1, -0.05) is 13.0 Å². The molecule has 0 aliphatic carbocycles. The van der Waals surface area contributed by atoms with Gasteiger partial charge in [-0.15, -0.1) is 11.3 Å². The van der Waals surface area contributed by atoms with E-state index in [4.69, 9.17) is 5.73 Å². The number of hydrogen-bond donors (Lipinski definition) is 1. The molecule has 0 aromatic carbocycles. The van der Waals surface area contributed by atoms with E-state index in [2.05, 4.69) is 53.3 Å². The van der Waals surface area contributed by atoms with Crippen molar-refractivity contribution in [2.75, 3.05) is 17.7 Å². The number of rotatable bonds is 5. The first-order valence-corrected chi connectivity index (χ1v) is 7.36. The fraction of sp³-hybridized carbons (Fsp3) is 0.429. The Kier molecular flexibility index (Phi) is 4.37. The van der Waals surface area contributed by atoms with Gasteiger partial charge in [0.1, 0.15) is 18.0 Å². The van der Waals surface area contributed by atoms with Crippen LogP contribution < -0.4 is 10.6 Å². The molecule has 0 aliphatic heterocycles. The van der Waals surface area contributed by atoms with Crippen LogP contribution in [0.15, 0.2) is 23.8 Å². The van der Waals surface area contributed by atoms with E-state index in [1.807, 2.05) is 0 Å². The van der Waals surface area contributed by atoms with E-state index in [1.165, 1.54) is 11.2 Å². The van der Waals surface area contributed by atoms with Crippen LogP contribution in [0.1, 0.15) is 24.3 Å². The van der Waals surface area contributed by atoms with Crippen LogP contribution >= 0.6 is 11.3 Å². The van der Waals surface area contributed by atoms with E-state index < -0.39 is 0 Å². The summed E-state index contributed by atoms with van der Waals surface area (Å²) in [5.41, 5.74) is 6.96. The fourth-order valence-electron chi connectivity index (χ4n) is 2.12. The third-order valence-electron chi connectivity index (χ3n) is 3.38. The number of aromatic nitrogens is 2. The quantitative estimate of drug-likeness (QED) is 0.912. The maximum absolute atomic E-state index is 5.93. The Bertz CT molecular complexity index is 524. The molecule has 1 atom stereocenters. The molecule has 2 aromatic heterocycles. The van der Waals surface area contributed by atoms with Crippen LogP contribution in [0.25, 0.3) is 0 Å². The molecular formula is C14H20N4S. The second-order valence-electron chi connectivity index (χ2n) is 4.66. The van der Waals surface area contributed by atoms with Crippen molar-refractivity contribution in [3.8, 4) is 0 Å². The van der Waals surface area contributed by atoms with Crippen molar-refractivity contribution in [2.45, 2.75) is 32.7 Å². The van der Waals surface area contributed by atoms with Crippen molar-refractivity contribution in [1.82, 2.24) is 9.97 Å². The van der Waals surface area contributed by atoms with Crippen LogP contribution in [0.4, 0.5) is 11.6 Å². The predicted octanol–water partition coefficient (Wildman–Crippen LogP) is 2.75. The Labute approximate surface area is 118 Å². The monoisotopic (exact) mass is 276 g/mol. The molecule has 2 rings (SSSR count). The van der Waals surface area contributed by atoms with E-state index in [0.717, 1.165) is 24.2 Å². The van der Waals surface area contributed by atoms with Crippen molar-refractivity contribution in [2.24, 2.45) is 0 Å². The van der Waals surface area contributed by atoms with Gasteiger partial charge in [-0.3, -0.25) is 0 Å². The zero-order valence-corrected chi connectivity index (χ0v) is 12.4. The van der Waals surface area contributed by atoms with Crippen molar-refractivity contribution in [1.29, 1.82) is 0 Å². The summed E-state index contributed by atoms with van der Waals surface area (Å²) in [5, 5.41) is 2.11. The normalized spacial score (nSPS) is 12.4. The second kappa shape index (κ2) is 6.02. The standard InChI is InChI=1S/C14H20N4S/c1-4-12-13(15)16-9-17-14(12)18(3)10(2)8-11-6-5-7-19-11/h5-7,9-10H,4,8H2,1-3H3,(H2,15,16,17). The van der Waals surface area contributed by atoms with Crippen LogP contribution in [-0.4, -0.2) is 23.1 Å². The van der Waals surface area contributed by atoms with Crippen molar-refractivity contribution in [3.63, 3.8) is 0 Å². The summed E-state index contributed by atoms with van der Waals surface area (Å²) in [4.78, 5) is 12.0. The second-order valence-corrected chi connectivity index (χ2v) is 5.69. The third kappa shape index (κ3) is 3.04. The molecule has 0 aliphatic rings. The molecule has 1 unspecified atom stereocenters. The summed E-state index contributed by atoms with van der Waals surface area (Å²) >= 11 is 1.79. The molecule has 2 heterocycles. The molecule has 5 heteroatoms. The summed E-state index contributed by atoms with van der Waals surface area (Å²) in [6.07, 6.45) is 3.40. The topological polar surface area (TPSA) is 55.0 Å². The maximum atomic E-state index is 5.93. The number of likely N-dealkylation sites (N-methyl/N-ethyl adjacent to an activating group) is 1. The number of hydrogen-bond acceptors (Lipinski definition) is 5. The first-order valence-electron chi connectivity index (χ1n) is 6.48. The number of nitrogen functional groups attached to an aromatic ring is 1. The Morgan fingerprint density at radius 3 is 2.84 bits per heavy atom. The number of thiophene rings is 1. The highest BCUT2D eigenvalue weighted by molar-refractivity contribution is 7.09. The number of nitrogens with zero attached hydrogens (tertiary/aromatic N) is 3. The molecule has 0 radical (unpaired) electrons. The highest BCUT2D eigenvalue weighted by atomic mass is 32.1. The van der Waals surface area contributed by atoms with Gasteiger partial charge in [0.05, 0.1) is 0 Å². The largest absolute Gasteiger partial charge is 0.383 e. The van der Waals surface area contributed by atoms with Crippen LogP contribution in [-0.2, 0) is 12.8 Å². The van der Waals surface area contributed by atoms with Gasteiger partial charge >= 0.3 is 0 Å². The van der Waals surface area contributed by atoms with Crippen molar-refractivity contribution in [3.05, 3.63) is 34.3 Å². The minimum atomic E-state index is 0.373. The van der Waals surface area contributed by atoms with Crippen LogP contribution in [0.5, 0.6) is 0 Å². The van der Waals surface area contributed by atoms with Gasteiger partial charge in [0, 0.05) is 30.0 Å². The Morgan fingerprint density at radius 2 is 2.21 bits per heavy atom. The lowest BCUT2D eigenvalue weighted by Gasteiger charge is -2.27. The molecule has 0 amide bonds. The average molecular weight is 276 g/mol. The molecule has 0 saturated heterocycles. The van der Waals surface area contributed by atoms with Gasteiger partial charge in [-0.05, 0) is 24.8 Å². The lowest BCUT2D eigenvalue weighted by atomic mass is 10.1. The predicted molar refractivity (Wildman–Crippen MR) is 81.7 cm³/mol. The average Bonchev–Trinajstić information content (AvgIpc) is 2.90. The zero-order chi connectivity index (χ0) is 13.8. The molecule has 0 spiro atoms. The van der Waals surface area contributed by atoms with Crippen LogP contribution in [0.3, 0.4) is 0 Å². The Balaban J connectivity index is 2.19. The summed E-state index contributed by atoms with van der Waals surface area (Å²) < 4.78 is 0. The summed E-state index contributed by atoms with van der Waals surface area (Å²) in [7, 11) is 2.07. The minimum absolute atomic E-state index is 0.373. The molecule has 2 N–H and O–H groups in total. The minimum Gasteiger partial charge on any atom is -0.383 e. The van der Waals surface area contributed by atoms with Gasteiger partial charge in [-0.2, -0.15) is 0 Å². The van der Waals surface area contributed by atoms with E-state index in [0.29, 0.717) is 11.9 Å². The van der Waals surface area contributed by atoms with Crippen molar-refractivity contribution >= 4 is 23.0 Å². The zero-order valence-electron chi connectivity index (χ0n) is 11.6. The summed E-state index contributed by atoms with van der Waals surface area (Å²) in [6.45, 7) is 4.29. The van der Waals surface area contributed by atoms with E-state index in [9.17, 15) is 0 Å². The van der Waals surface area contributed by atoms with Gasteiger partial charge in [-0.25, -0.2) is 9.97 Å². The summed E-state index contributed by atoms with van der Waals surface area (Å²) in [5.74, 6) is 1.53. The Morgan fingerprint density at radius 1 is 1.42 bits per heavy atom. The van der Waals surface area contributed by atoms with Crippen LogP contribution in [0.2, 0.25) is 0 Å². The van der Waals surface area contributed by atoms with E-state index in [-0.39, 0.29) is 0 Å². The molecule has 2 aromatic rings. The molecule has 0 bridgehead atoms. The van der Waals surface area contributed by atoms with Crippen LogP contribution in [0, 0.1) is 0 Å². The van der Waals surface area contributed by atoms with Gasteiger partial charge in [0.15, 0.2) is 0 Å². The van der Waals surface area contributed by atoms with E-state index in [1.54, 1.807) is 11.3 Å². The highest BCUT2D eigenvalue weighted by Crippen LogP contribution is 2.24. The van der Waals surface area contributed by atoms with E-state index >= 15 is 0 Å². The van der Waals surface area contributed by atoms with Gasteiger partial charge < -0.3 is 10.6 Å². The van der Waals surface area contributed by atoms with Crippen molar-refractivity contribution < 1.29 is 0 Å². The maximum Gasteiger partial charge on any atom is 0.137 e. The smallest absolute Gasteiger partial charge is 0.137 e. The summed E-state index contributed by atoms with van der Waals surface area (Å²) in [6, 6.07) is 4.63. The SMILES string of the molecule is CCc1c(N)ncnc1N(C)C(C)Cc1cccs1. The lowest BCUT2D eigenvalue weighted by molar-refractivity contribution is 0.676. The lowest BCUT2D eigenvalue weighted by Crippen LogP contribution is -2.32. The molecule has 19 heavy (non-hydrogen) atoms. The molecule has 0 fully saturated rings. The molecule has 4 nitrogen and oxygen atoms in total. The first kappa shape index (κ1) is 13.8. The molecule has 0 saturated carbocycles. The first-order chi connectivity index (χ1) is 9.13. The van der Waals surface area contributed by atoms with Gasteiger partial charge in [0.25, 0.3) is 0 Å². The fourth-order valence-corrected chi connectivity index (χ4v) is 2.95.